The summed E-state index contributed by atoms with van der Waals surface area (Å²) in [4.78, 5) is 27.7. The molecule has 38 heavy (non-hydrogen) atoms. The number of nitrogens with zero attached hydrogens (tertiary/aromatic N) is 2. The van der Waals surface area contributed by atoms with Crippen LogP contribution in [0.15, 0.2) is 77.7 Å². The largest absolute Gasteiger partial charge is 0.494 e. The third kappa shape index (κ3) is 6.92. The van der Waals surface area contributed by atoms with Gasteiger partial charge in [0.15, 0.2) is 0 Å². The molecule has 9 heteroatoms. The predicted molar refractivity (Wildman–Crippen MR) is 149 cm³/mol. The highest BCUT2D eigenvalue weighted by atomic mass is 32.2. The van der Waals surface area contributed by atoms with E-state index in [1.807, 2.05) is 45.0 Å². The maximum Gasteiger partial charge on any atom is 0.264 e. The lowest BCUT2D eigenvalue weighted by Gasteiger charge is -2.31. The fourth-order valence-electron chi connectivity index (χ4n) is 3.92. The summed E-state index contributed by atoms with van der Waals surface area (Å²) in [7, 11) is -2.63. The smallest absolute Gasteiger partial charge is 0.264 e. The van der Waals surface area contributed by atoms with E-state index in [2.05, 4.69) is 5.32 Å². The van der Waals surface area contributed by atoms with Crippen molar-refractivity contribution in [1.82, 2.24) is 10.2 Å². The van der Waals surface area contributed by atoms with Crippen molar-refractivity contribution in [3.63, 3.8) is 0 Å². The fourth-order valence-corrected chi connectivity index (χ4v) is 5.34. The molecule has 3 rings (SSSR count). The Morgan fingerprint density at radius 1 is 0.895 bits per heavy atom. The number of carbonyl (C=O) groups excluding carboxylic acids is 2. The van der Waals surface area contributed by atoms with Crippen LogP contribution in [0.25, 0.3) is 0 Å². The van der Waals surface area contributed by atoms with Gasteiger partial charge in [-0.3, -0.25) is 13.9 Å². The number of benzene rings is 3. The molecule has 2 amide bonds. The molecule has 0 aromatic heterocycles. The first-order chi connectivity index (χ1) is 18.1. The van der Waals surface area contributed by atoms with Gasteiger partial charge in [-0.15, -0.1) is 0 Å². The molecule has 0 aliphatic carbocycles. The first-order valence-electron chi connectivity index (χ1n) is 12.5. The van der Waals surface area contributed by atoms with Gasteiger partial charge in [-0.25, -0.2) is 8.42 Å². The average Bonchev–Trinajstić information content (AvgIpc) is 2.91. The summed E-state index contributed by atoms with van der Waals surface area (Å²) in [5.41, 5.74) is 3.20. The Labute approximate surface area is 225 Å². The van der Waals surface area contributed by atoms with Crippen LogP contribution in [-0.4, -0.2) is 51.4 Å². The lowest BCUT2D eigenvalue weighted by atomic mass is 10.1. The number of rotatable bonds is 11. The Kier molecular flexibility index (Phi) is 9.52. The number of anilines is 1. The molecule has 0 aliphatic heterocycles. The molecule has 0 saturated carbocycles. The Morgan fingerprint density at radius 3 is 1.97 bits per heavy atom. The molecule has 1 atom stereocenters. The normalized spacial score (nSPS) is 11.9. The minimum atomic E-state index is -4.13. The van der Waals surface area contributed by atoms with Crippen molar-refractivity contribution in [2.45, 2.75) is 45.2 Å². The Bertz CT molecular complexity index is 1340. The van der Waals surface area contributed by atoms with E-state index < -0.39 is 28.5 Å². The zero-order valence-corrected chi connectivity index (χ0v) is 23.3. The van der Waals surface area contributed by atoms with Crippen molar-refractivity contribution >= 4 is 27.5 Å². The third-order valence-corrected chi connectivity index (χ3v) is 8.00. The van der Waals surface area contributed by atoms with Gasteiger partial charge in [-0.2, -0.15) is 0 Å². The van der Waals surface area contributed by atoms with E-state index in [1.54, 1.807) is 43.3 Å². The van der Waals surface area contributed by atoms with Gasteiger partial charge in [0.05, 0.1) is 17.2 Å². The Morgan fingerprint density at radius 2 is 1.45 bits per heavy atom. The molecule has 1 unspecified atom stereocenters. The van der Waals surface area contributed by atoms with Crippen molar-refractivity contribution in [3.05, 3.63) is 89.5 Å². The van der Waals surface area contributed by atoms with Gasteiger partial charge in [0, 0.05) is 13.6 Å². The van der Waals surface area contributed by atoms with Crippen LogP contribution < -0.4 is 14.4 Å². The molecule has 0 aliphatic rings. The molecule has 0 spiro atoms. The van der Waals surface area contributed by atoms with E-state index in [0.29, 0.717) is 18.0 Å². The highest BCUT2D eigenvalue weighted by Gasteiger charge is 2.32. The summed E-state index contributed by atoms with van der Waals surface area (Å²) in [5, 5.41) is 2.58. The van der Waals surface area contributed by atoms with Gasteiger partial charge in [0.25, 0.3) is 10.0 Å². The number of carbonyl (C=O) groups is 2. The average molecular weight is 538 g/mol. The number of likely N-dealkylation sites (N-methyl/N-ethyl adjacent to an activating group) is 1. The van der Waals surface area contributed by atoms with Crippen molar-refractivity contribution in [2.75, 3.05) is 24.5 Å². The summed E-state index contributed by atoms with van der Waals surface area (Å²) in [6, 6.07) is 19.8. The standard InChI is InChI=1S/C29H35N3O5S/c1-6-37-26-15-17-27(18-16-26)38(35,36)32(25-13-9-22(3)10-14-25)20-28(33)31(23(4)29(34)30-5)19-24-11-7-21(2)8-12-24/h7-18,23H,6,19-20H2,1-5H3,(H,30,34). The zero-order chi connectivity index (χ0) is 27.9. The monoisotopic (exact) mass is 537 g/mol. The molecular formula is C29H35N3O5S. The van der Waals surface area contributed by atoms with E-state index >= 15 is 0 Å². The van der Waals surface area contributed by atoms with Crippen LogP contribution >= 0.6 is 0 Å². The van der Waals surface area contributed by atoms with Gasteiger partial charge >= 0.3 is 0 Å². The second-order valence-corrected chi connectivity index (χ2v) is 10.9. The van der Waals surface area contributed by atoms with Crippen LogP contribution in [0.2, 0.25) is 0 Å². The van der Waals surface area contributed by atoms with E-state index in [-0.39, 0.29) is 17.3 Å². The Balaban J connectivity index is 2.00. The molecule has 0 heterocycles. The highest BCUT2D eigenvalue weighted by Crippen LogP contribution is 2.26. The van der Waals surface area contributed by atoms with Crippen LogP contribution in [0, 0.1) is 13.8 Å². The summed E-state index contributed by atoms with van der Waals surface area (Å²) in [6.07, 6.45) is 0. The highest BCUT2D eigenvalue weighted by molar-refractivity contribution is 7.92. The van der Waals surface area contributed by atoms with Crippen LogP contribution in [0.3, 0.4) is 0 Å². The minimum absolute atomic E-state index is 0.0266. The summed E-state index contributed by atoms with van der Waals surface area (Å²) in [5.74, 6) is -0.299. The summed E-state index contributed by atoms with van der Waals surface area (Å²) < 4.78 is 34.2. The van der Waals surface area contributed by atoms with E-state index in [4.69, 9.17) is 4.74 Å². The predicted octanol–water partition coefficient (Wildman–Crippen LogP) is 4.06. The van der Waals surface area contributed by atoms with E-state index in [0.717, 1.165) is 21.0 Å². The van der Waals surface area contributed by atoms with Crippen molar-refractivity contribution in [2.24, 2.45) is 0 Å². The van der Waals surface area contributed by atoms with Crippen LogP contribution in [0.5, 0.6) is 5.75 Å². The first kappa shape index (κ1) is 28.7. The lowest BCUT2D eigenvalue weighted by Crippen LogP contribution is -2.50. The van der Waals surface area contributed by atoms with Crippen LogP contribution in [0.4, 0.5) is 5.69 Å². The lowest BCUT2D eigenvalue weighted by molar-refractivity contribution is -0.139. The SMILES string of the molecule is CCOc1ccc(S(=O)(=O)N(CC(=O)N(Cc2ccc(C)cc2)C(C)C(=O)NC)c2ccc(C)cc2)cc1. The molecule has 0 fully saturated rings. The zero-order valence-electron chi connectivity index (χ0n) is 22.5. The van der Waals surface area contributed by atoms with E-state index in [9.17, 15) is 18.0 Å². The molecule has 8 nitrogen and oxygen atoms in total. The minimum Gasteiger partial charge on any atom is -0.494 e. The number of hydrogen-bond acceptors (Lipinski definition) is 5. The second kappa shape index (κ2) is 12.6. The second-order valence-electron chi connectivity index (χ2n) is 9.05. The molecular weight excluding hydrogens is 502 g/mol. The molecule has 3 aromatic carbocycles. The van der Waals surface area contributed by atoms with Gasteiger partial charge in [0.2, 0.25) is 11.8 Å². The number of aryl methyl sites for hydroxylation is 2. The number of nitrogens with one attached hydrogen (secondary N) is 1. The van der Waals surface area contributed by atoms with Crippen molar-refractivity contribution in [1.29, 1.82) is 0 Å². The fraction of sp³-hybridized carbons (Fsp3) is 0.310. The number of hydrogen-bond donors (Lipinski definition) is 1. The van der Waals surface area contributed by atoms with Gasteiger partial charge in [-0.05, 0) is 69.7 Å². The molecule has 202 valence electrons. The maximum absolute atomic E-state index is 13.8. The van der Waals surface area contributed by atoms with Gasteiger partial charge in [0.1, 0.15) is 18.3 Å². The van der Waals surface area contributed by atoms with Gasteiger partial charge in [-0.1, -0.05) is 47.5 Å². The molecule has 3 aromatic rings. The number of sulfonamides is 1. The first-order valence-corrected chi connectivity index (χ1v) is 13.9. The van der Waals surface area contributed by atoms with Crippen LogP contribution in [-0.2, 0) is 26.2 Å². The molecule has 0 radical (unpaired) electrons. The van der Waals surface area contributed by atoms with Crippen molar-refractivity contribution in [3.8, 4) is 5.75 Å². The summed E-state index contributed by atoms with van der Waals surface area (Å²) >= 11 is 0. The quantitative estimate of drug-likeness (QED) is 0.398. The maximum atomic E-state index is 13.8. The Hall–Kier alpha value is -3.85. The number of ether oxygens (including phenoxy) is 1. The van der Waals surface area contributed by atoms with Crippen molar-refractivity contribution < 1.29 is 22.7 Å². The topological polar surface area (TPSA) is 96.0 Å². The van der Waals surface area contributed by atoms with Crippen LogP contribution in [0.1, 0.15) is 30.5 Å². The molecule has 1 N–H and O–H groups in total. The van der Waals surface area contributed by atoms with Gasteiger partial charge < -0.3 is 15.0 Å². The third-order valence-electron chi connectivity index (χ3n) is 6.21. The van der Waals surface area contributed by atoms with E-state index in [1.165, 1.54) is 24.1 Å². The molecule has 0 bridgehead atoms. The summed E-state index contributed by atoms with van der Waals surface area (Å²) in [6.45, 7) is 7.46. The molecule has 0 saturated heterocycles. The number of amides is 2.